The van der Waals surface area contributed by atoms with Crippen molar-refractivity contribution in [3.05, 3.63) is 35.4 Å². The number of ether oxygens (including phenoxy) is 2. The fourth-order valence-electron chi connectivity index (χ4n) is 3.71. The van der Waals surface area contributed by atoms with E-state index in [1.54, 1.807) is 0 Å². The zero-order chi connectivity index (χ0) is 21.3. The Morgan fingerprint density at radius 3 is 2.38 bits per heavy atom. The smallest absolute Gasteiger partial charge is 0.407 e. The summed E-state index contributed by atoms with van der Waals surface area (Å²) >= 11 is 0. The fourth-order valence-corrected chi connectivity index (χ4v) is 3.71. The average Bonchev–Trinajstić information content (AvgIpc) is 2.67. The molecule has 0 aliphatic heterocycles. The highest BCUT2D eigenvalue weighted by Crippen LogP contribution is 2.27. The maximum atomic E-state index is 12.5. The molecule has 0 bridgehead atoms. The number of hydrogen-bond acceptors (Lipinski definition) is 5. The molecule has 29 heavy (non-hydrogen) atoms. The molecule has 1 aliphatic carbocycles. The SMILES string of the molecule is CCOC(=O)C(NCc1cccc(CNC(=O)OC(C)(C)C)c1)C1CCCCC1. The highest BCUT2D eigenvalue weighted by atomic mass is 16.6. The van der Waals surface area contributed by atoms with Crippen molar-refractivity contribution in [2.75, 3.05) is 6.61 Å². The van der Waals surface area contributed by atoms with Crippen LogP contribution in [0.4, 0.5) is 4.79 Å². The third kappa shape index (κ3) is 8.44. The van der Waals surface area contributed by atoms with Gasteiger partial charge in [-0.3, -0.25) is 4.79 Å². The minimum Gasteiger partial charge on any atom is -0.465 e. The lowest BCUT2D eigenvalue weighted by Gasteiger charge is -2.29. The second-order valence-electron chi connectivity index (χ2n) is 8.68. The molecule has 1 fully saturated rings. The van der Waals surface area contributed by atoms with Crippen LogP contribution in [0.1, 0.15) is 70.9 Å². The number of hydrogen-bond donors (Lipinski definition) is 2. The lowest BCUT2D eigenvalue weighted by molar-refractivity contribution is -0.147. The van der Waals surface area contributed by atoms with E-state index in [0.29, 0.717) is 25.6 Å². The lowest BCUT2D eigenvalue weighted by Crippen LogP contribution is -2.44. The second-order valence-corrected chi connectivity index (χ2v) is 8.68. The monoisotopic (exact) mass is 404 g/mol. The summed E-state index contributed by atoms with van der Waals surface area (Å²) in [7, 11) is 0. The van der Waals surface area contributed by atoms with Crippen molar-refractivity contribution in [3.63, 3.8) is 0 Å². The third-order valence-corrected chi connectivity index (χ3v) is 5.01. The summed E-state index contributed by atoms with van der Waals surface area (Å²) in [6.07, 6.45) is 5.30. The van der Waals surface area contributed by atoms with Crippen LogP contribution in [0, 0.1) is 5.92 Å². The fraction of sp³-hybridized carbons (Fsp3) is 0.652. The van der Waals surface area contributed by atoms with E-state index in [-0.39, 0.29) is 12.0 Å². The summed E-state index contributed by atoms with van der Waals surface area (Å²) in [4.78, 5) is 24.3. The molecule has 0 saturated heterocycles. The number of esters is 1. The molecule has 6 heteroatoms. The minimum atomic E-state index is -0.517. The number of carbonyl (C=O) groups excluding carboxylic acids is 2. The van der Waals surface area contributed by atoms with Crippen molar-refractivity contribution >= 4 is 12.1 Å². The maximum absolute atomic E-state index is 12.5. The molecule has 6 nitrogen and oxygen atoms in total. The van der Waals surface area contributed by atoms with E-state index in [1.165, 1.54) is 19.3 Å². The van der Waals surface area contributed by atoms with E-state index < -0.39 is 11.7 Å². The summed E-state index contributed by atoms with van der Waals surface area (Å²) in [5.74, 6) is 0.182. The molecule has 0 heterocycles. The zero-order valence-corrected chi connectivity index (χ0v) is 18.3. The van der Waals surface area contributed by atoms with Gasteiger partial charge in [0.1, 0.15) is 11.6 Å². The molecule has 0 spiro atoms. The van der Waals surface area contributed by atoms with Gasteiger partial charge in [0.25, 0.3) is 0 Å². The molecule has 1 amide bonds. The van der Waals surface area contributed by atoms with Crippen LogP contribution >= 0.6 is 0 Å². The van der Waals surface area contributed by atoms with Gasteiger partial charge in [-0.2, -0.15) is 0 Å². The lowest BCUT2D eigenvalue weighted by atomic mass is 9.83. The van der Waals surface area contributed by atoms with Crippen molar-refractivity contribution in [1.29, 1.82) is 0 Å². The molecule has 1 saturated carbocycles. The van der Waals surface area contributed by atoms with Crippen molar-refractivity contribution in [3.8, 4) is 0 Å². The molecule has 162 valence electrons. The first-order chi connectivity index (χ1) is 13.8. The van der Waals surface area contributed by atoms with Crippen LogP contribution in [0.5, 0.6) is 0 Å². The second kappa shape index (κ2) is 11.2. The quantitative estimate of drug-likeness (QED) is 0.631. The molecule has 1 atom stereocenters. The largest absolute Gasteiger partial charge is 0.465 e. The first kappa shape index (κ1) is 23.2. The Morgan fingerprint density at radius 1 is 1.10 bits per heavy atom. The third-order valence-electron chi connectivity index (χ3n) is 5.01. The van der Waals surface area contributed by atoms with Crippen molar-refractivity contribution < 1.29 is 19.1 Å². The molecule has 1 aromatic rings. The van der Waals surface area contributed by atoms with Crippen LogP contribution in [-0.2, 0) is 27.4 Å². The first-order valence-electron chi connectivity index (χ1n) is 10.7. The van der Waals surface area contributed by atoms with Crippen LogP contribution in [0.2, 0.25) is 0 Å². The van der Waals surface area contributed by atoms with Gasteiger partial charge in [-0.1, -0.05) is 43.5 Å². The zero-order valence-electron chi connectivity index (χ0n) is 18.3. The van der Waals surface area contributed by atoms with Crippen LogP contribution in [-0.4, -0.2) is 30.3 Å². The van der Waals surface area contributed by atoms with Gasteiger partial charge in [0.2, 0.25) is 0 Å². The van der Waals surface area contributed by atoms with Crippen LogP contribution < -0.4 is 10.6 Å². The summed E-state index contributed by atoms with van der Waals surface area (Å²) in [5.41, 5.74) is 1.54. The van der Waals surface area contributed by atoms with Crippen LogP contribution in [0.25, 0.3) is 0 Å². The predicted molar refractivity (Wildman–Crippen MR) is 113 cm³/mol. The van der Waals surface area contributed by atoms with Gasteiger partial charge < -0.3 is 20.1 Å². The number of rotatable bonds is 8. The Balaban J connectivity index is 1.93. The Kier molecular flexibility index (Phi) is 8.96. The van der Waals surface area contributed by atoms with Gasteiger partial charge in [0.15, 0.2) is 0 Å². The van der Waals surface area contributed by atoms with E-state index in [1.807, 2.05) is 52.0 Å². The number of benzene rings is 1. The highest BCUT2D eigenvalue weighted by molar-refractivity contribution is 5.76. The van der Waals surface area contributed by atoms with E-state index in [4.69, 9.17) is 9.47 Å². The number of nitrogens with one attached hydrogen (secondary N) is 2. The Labute approximate surface area is 174 Å². The molecular weight excluding hydrogens is 368 g/mol. The van der Waals surface area contributed by atoms with Crippen LogP contribution in [0.3, 0.4) is 0 Å². The van der Waals surface area contributed by atoms with E-state index >= 15 is 0 Å². The van der Waals surface area contributed by atoms with Crippen LogP contribution in [0.15, 0.2) is 24.3 Å². The van der Waals surface area contributed by atoms with Gasteiger partial charge in [0.05, 0.1) is 6.61 Å². The highest BCUT2D eigenvalue weighted by Gasteiger charge is 2.30. The molecule has 1 aliphatic rings. The summed E-state index contributed by atoms with van der Waals surface area (Å²) in [6, 6.07) is 7.72. The Morgan fingerprint density at radius 2 is 1.76 bits per heavy atom. The summed E-state index contributed by atoms with van der Waals surface area (Å²) in [6.45, 7) is 8.74. The Hall–Kier alpha value is -2.08. The van der Waals surface area contributed by atoms with Crippen molar-refractivity contribution in [2.24, 2.45) is 5.92 Å². The molecule has 2 N–H and O–H groups in total. The van der Waals surface area contributed by atoms with E-state index in [9.17, 15) is 9.59 Å². The van der Waals surface area contributed by atoms with Gasteiger partial charge in [0, 0.05) is 13.1 Å². The normalized spacial score (nSPS) is 16.1. The predicted octanol–water partition coefficient (Wildman–Crippen LogP) is 4.31. The number of amides is 1. The Bertz CT molecular complexity index is 663. The maximum Gasteiger partial charge on any atom is 0.407 e. The average molecular weight is 405 g/mol. The van der Waals surface area contributed by atoms with Gasteiger partial charge in [-0.05, 0) is 57.6 Å². The van der Waals surface area contributed by atoms with Gasteiger partial charge >= 0.3 is 12.1 Å². The molecule has 2 rings (SSSR count). The van der Waals surface area contributed by atoms with E-state index in [0.717, 1.165) is 24.0 Å². The first-order valence-corrected chi connectivity index (χ1v) is 10.7. The minimum absolute atomic E-state index is 0.151. The molecule has 1 aromatic carbocycles. The van der Waals surface area contributed by atoms with Gasteiger partial charge in [-0.15, -0.1) is 0 Å². The molecular formula is C23H36N2O4. The number of alkyl carbamates (subject to hydrolysis) is 1. The van der Waals surface area contributed by atoms with E-state index in [2.05, 4.69) is 10.6 Å². The summed E-state index contributed by atoms with van der Waals surface area (Å²) in [5, 5.41) is 6.21. The van der Waals surface area contributed by atoms with Gasteiger partial charge in [-0.25, -0.2) is 4.79 Å². The van der Waals surface area contributed by atoms with Crippen molar-refractivity contribution in [1.82, 2.24) is 10.6 Å². The topological polar surface area (TPSA) is 76.7 Å². The molecule has 1 unspecified atom stereocenters. The molecule has 0 aromatic heterocycles. The molecule has 0 radical (unpaired) electrons. The van der Waals surface area contributed by atoms with Crippen molar-refractivity contribution in [2.45, 2.75) is 84.5 Å². The summed E-state index contributed by atoms with van der Waals surface area (Å²) < 4.78 is 10.6. The number of carbonyl (C=O) groups is 2. The standard InChI is InChI=1S/C23H36N2O4/c1-5-28-21(26)20(19-12-7-6-8-13-19)24-15-17-10-9-11-18(14-17)16-25-22(27)29-23(2,3)4/h9-11,14,19-20,24H,5-8,12-13,15-16H2,1-4H3,(H,25,27).